The quantitative estimate of drug-likeness (QED) is 0.724. The smallest absolute Gasteiger partial charge is 0.0981 e. The fraction of sp³-hybridized carbons (Fsp3) is 0.538. The molecule has 0 bridgehead atoms. The van der Waals surface area contributed by atoms with Gasteiger partial charge in [-0.15, -0.1) is 0 Å². The van der Waals surface area contributed by atoms with Crippen molar-refractivity contribution in [2.24, 2.45) is 5.92 Å². The first-order valence-electron chi connectivity index (χ1n) is 5.82. The van der Waals surface area contributed by atoms with Crippen LogP contribution in [0.1, 0.15) is 31.2 Å². The highest BCUT2D eigenvalue weighted by molar-refractivity contribution is 6.42. The molecule has 3 heteroatoms. The van der Waals surface area contributed by atoms with E-state index < -0.39 is 0 Å². The van der Waals surface area contributed by atoms with Gasteiger partial charge in [-0.05, 0) is 30.5 Å². The molecule has 0 aromatic heterocycles. The Kier molecular flexibility index (Phi) is 2.66. The van der Waals surface area contributed by atoms with Crippen LogP contribution >= 0.6 is 23.2 Å². The molecule has 0 spiro atoms. The molecule has 3 rings (SSSR count). The second-order valence-corrected chi connectivity index (χ2v) is 5.59. The van der Waals surface area contributed by atoms with E-state index in [1.165, 1.54) is 24.8 Å². The monoisotopic (exact) mass is 256 g/mol. The first-order valence-corrected chi connectivity index (χ1v) is 6.57. The predicted octanol–water partition coefficient (Wildman–Crippen LogP) is 4.41. The summed E-state index contributed by atoms with van der Waals surface area (Å²) < 4.78 is 5.90. The number of rotatable bonds is 1. The minimum absolute atomic E-state index is 0.0491. The molecule has 0 radical (unpaired) electrons. The van der Waals surface area contributed by atoms with Crippen LogP contribution in [0.2, 0.25) is 10.0 Å². The molecule has 2 atom stereocenters. The topological polar surface area (TPSA) is 9.23 Å². The fourth-order valence-corrected chi connectivity index (χ4v) is 3.29. The lowest BCUT2D eigenvalue weighted by molar-refractivity contribution is -0.230. The van der Waals surface area contributed by atoms with Crippen LogP contribution in [0.5, 0.6) is 0 Å². The number of benzene rings is 1. The normalized spacial score (nSPS) is 33.0. The van der Waals surface area contributed by atoms with Crippen LogP contribution in [0.25, 0.3) is 0 Å². The highest BCUT2D eigenvalue weighted by atomic mass is 35.5. The number of ether oxygens (including phenoxy) is 1. The molecule has 2 fully saturated rings. The molecule has 86 valence electrons. The largest absolute Gasteiger partial charge is 0.369 e. The average Bonchev–Trinajstić information content (AvgIpc) is 2.25. The third-order valence-corrected chi connectivity index (χ3v) is 4.70. The first-order chi connectivity index (χ1) is 7.72. The lowest BCUT2D eigenvalue weighted by Crippen LogP contribution is -2.52. The van der Waals surface area contributed by atoms with E-state index in [2.05, 4.69) is 6.07 Å². The molecule has 0 N–H and O–H groups in total. The van der Waals surface area contributed by atoms with Gasteiger partial charge in [0.2, 0.25) is 0 Å². The van der Waals surface area contributed by atoms with Crippen LogP contribution < -0.4 is 0 Å². The SMILES string of the molecule is Clc1ccc(C23CCCCC2CO3)cc1Cl. The average molecular weight is 257 g/mol. The highest BCUT2D eigenvalue weighted by Crippen LogP contribution is 2.52. The maximum atomic E-state index is 6.08. The summed E-state index contributed by atoms with van der Waals surface area (Å²) in [6, 6.07) is 5.91. The number of hydrogen-bond donors (Lipinski definition) is 0. The maximum absolute atomic E-state index is 6.08. The molecular formula is C13H14Cl2O. The Labute approximate surface area is 106 Å². The zero-order valence-electron chi connectivity index (χ0n) is 9.01. The van der Waals surface area contributed by atoms with Gasteiger partial charge in [0, 0.05) is 5.92 Å². The van der Waals surface area contributed by atoms with Gasteiger partial charge >= 0.3 is 0 Å². The van der Waals surface area contributed by atoms with Crippen LogP contribution in [-0.4, -0.2) is 6.61 Å². The van der Waals surface area contributed by atoms with Crippen molar-refractivity contribution in [3.05, 3.63) is 33.8 Å². The van der Waals surface area contributed by atoms with Crippen molar-refractivity contribution >= 4 is 23.2 Å². The van der Waals surface area contributed by atoms with Gasteiger partial charge in [0.05, 0.1) is 22.3 Å². The fourth-order valence-electron chi connectivity index (χ4n) is 3.00. The van der Waals surface area contributed by atoms with Crippen molar-refractivity contribution in [1.29, 1.82) is 0 Å². The van der Waals surface area contributed by atoms with Gasteiger partial charge in [0.1, 0.15) is 0 Å². The van der Waals surface area contributed by atoms with Crippen LogP contribution in [0, 0.1) is 5.92 Å². The third-order valence-electron chi connectivity index (χ3n) is 3.96. The van der Waals surface area contributed by atoms with E-state index in [-0.39, 0.29) is 5.60 Å². The summed E-state index contributed by atoms with van der Waals surface area (Å²) in [5.41, 5.74) is 1.16. The second kappa shape index (κ2) is 3.90. The van der Waals surface area contributed by atoms with Gasteiger partial charge in [-0.25, -0.2) is 0 Å². The molecule has 2 aliphatic rings. The van der Waals surface area contributed by atoms with Crippen molar-refractivity contribution in [2.45, 2.75) is 31.3 Å². The van der Waals surface area contributed by atoms with Gasteiger partial charge in [0.25, 0.3) is 0 Å². The summed E-state index contributed by atoms with van der Waals surface area (Å²) in [6.45, 7) is 0.903. The van der Waals surface area contributed by atoms with E-state index in [4.69, 9.17) is 27.9 Å². The highest BCUT2D eigenvalue weighted by Gasteiger charge is 2.50. The summed E-state index contributed by atoms with van der Waals surface area (Å²) in [7, 11) is 0. The minimum atomic E-state index is -0.0491. The minimum Gasteiger partial charge on any atom is -0.369 e. The summed E-state index contributed by atoms with van der Waals surface area (Å²) in [5, 5.41) is 1.25. The Balaban J connectivity index is 1.98. The summed E-state index contributed by atoms with van der Waals surface area (Å²) >= 11 is 12.0. The van der Waals surface area contributed by atoms with Crippen molar-refractivity contribution in [3.8, 4) is 0 Å². The van der Waals surface area contributed by atoms with E-state index in [0.717, 1.165) is 13.0 Å². The van der Waals surface area contributed by atoms with Crippen molar-refractivity contribution in [2.75, 3.05) is 6.61 Å². The molecule has 1 aromatic carbocycles. The van der Waals surface area contributed by atoms with Crippen molar-refractivity contribution < 1.29 is 4.74 Å². The molecule has 2 unspecified atom stereocenters. The summed E-state index contributed by atoms with van der Waals surface area (Å²) in [5.74, 6) is 0.679. The van der Waals surface area contributed by atoms with E-state index >= 15 is 0 Å². The maximum Gasteiger partial charge on any atom is 0.0981 e. The molecule has 1 saturated heterocycles. The van der Waals surface area contributed by atoms with Gasteiger partial charge < -0.3 is 4.74 Å². The van der Waals surface area contributed by atoms with E-state index in [1.807, 2.05) is 12.1 Å². The molecule has 1 aromatic rings. The van der Waals surface area contributed by atoms with Gasteiger partial charge in [0.15, 0.2) is 0 Å². The van der Waals surface area contributed by atoms with Crippen LogP contribution in [0.15, 0.2) is 18.2 Å². The van der Waals surface area contributed by atoms with Gasteiger partial charge in [-0.2, -0.15) is 0 Å². The lowest BCUT2D eigenvalue weighted by atomic mass is 9.68. The molecule has 1 aliphatic heterocycles. The zero-order chi connectivity index (χ0) is 11.2. The number of fused-ring (bicyclic) bond motifs is 1. The summed E-state index contributed by atoms with van der Waals surface area (Å²) in [6.07, 6.45) is 4.98. The molecule has 1 heterocycles. The molecule has 1 aliphatic carbocycles. The Morgan fingerprint density at radius 2 is 2.06 bits per heavy atom. The van der Waals surface area contributed by atoms with Crippen LogP contribution in [0.3, 0.4) is 0 Å². The van der Waals surface area contributed by atoms with Crippen molar-refractivity contribution in [3.63, 3.8) is 0 Å². The van der Waals surface area contributed by atoms with Crippen molar-refractivity contribution in [1.82, 2.24) is 0 Å². The first kappa shape index (κ1) is 10.9. The van der Waals surface area contributed by atoms with Crippen LogP contribution in [0.4, 0.5) is 0 Å². The van der Waals surface area contributed by atoms with E-state index in [1.54, 1.807) is 0 Å². The van der Waals surface area contributed by atoms with Gasteiger partial charge in [-0.1, -0.05) is 42.1 Å². The molecule has 1 nitrogen and oxygen atoms in total. The predicted molar refractivity (Wildman–Crippen MR) is 66.1 cm³/mol. The molecule has 16 heavy (non-hydrogen) atoms. The Bertz CT molecular complexity index is 418. The van der Waals surface area contributed by atoms with E-state index in [0.29, 0.717) is 16.0 Å². The third kappa shape index (κ3) is 1.49. The molecule has 1 saturated carbocycles. The Morgan fingerprint density at radius 3 is 2.69 bits per heavy atom. The molecule has 0 amide bonds. The zero-order valence-corrected chi connectivity index (χ0v) is 10.5. The Morgan fingerprint density at radius 1 is 1.19 bits per heavy atom. The van der Waals surface area contributed by atoms with Gasteiger partial charge in [-0.3, -0.25) is 0 Å². The van der Waals surface area contributed by atoms with Crippen LogP contribution in [-0.2, 0) is 10.3 Å². The molecular weight excluding hydrogens is 243 g/mol. The number of hydrogen-bond acceptors (Lipinski definition) is 1. The lowest BCUT2D eigenvalue weighted by Gasteiger charge is -2.52. The summed E-state index contributed by atoms with van der Waals surface area (Å²) in [4.78, 5) is 0. The standard InChI is InChI=1S/C13H14Cl2O/c14-11-5-4-9(7-12(11)15)13-6-2-1-3-10(13)8-16-13/h4-5,7,10H,1-3,6,8H2. The second-order valence-electron chi connectivity index (χ2n) is 4.77. The van der Waals surface area contributed by atoms with E-state index in [9.17, 15) is 0 Å². The number of halogens is 2. The Hall–Kier alpha value is -0.240.